The summed E-state index contributed by atoms with van der Waals surface area (Å²) in [6, 6.07) is 13.5. The lowest BCUT2D eigenvalue weighted by molar-refractivity contribution is 0.0726. The van der Waals surface area contributed by atoms with Crippen molar-refractivity contribution in [3.8, 4) is 11.3 Å². The van der Waals surface area contributed by atoms with Crippen LogP contribution >= 0.6 is 11.6 Å². The van der Waals surface area contributed by atoms with Crippen LogP contribution in [0.1, 0.15) is 21.7 Å². The van der Waals surface area contributed by atoms with E-state index in [4.69, 9.17) is 16.1 Å². The molecule has 0 atom stereocenters. The van der Waals surface area contributed by atoms with Gasteiger partial charge in [0.15, 0.2) is 5.76 Å². The number of nitrogens with one attached hydrogen (secondary N) is 1. The quantitative estimate of drug-likeness (QED) is 0.529. The molecule has 0 bridgehead atoms. The molecule has 5 rings (SSSR count). The molecule has 28 heavy (non-hydrogen) atoms. The van der Waals surface area contributed by atoms with Gasteiger partial charge in [0.1, 0.15) is 17.2 Å². The predicted octanol–water partition coefficient (Wildman–Crippen LogP) is 4.81. The Morgan fingerprint density at radius 2 is 2.04 bits per heavy atom. The number of para-hydroxylation sites is 1. The van der Waals surface area contributed by atoms with Crippen molar-refractivity contribution in [3.63, 3.8) is 0 Å². The van der Waals surface area contributed by atoms with Gasteiger partial charge in [-0.3, -0.25) is 4.79 Å². The van der Waals surface area contributed by atoms with Crippen LogP contribution in [0.15, 0.2) is 53.1 Å². The lowest BCUT2D eigenvalue weighted by atomic mass is 10.0. The van der Waals surface area contributed by atoms with Gasteiger partial charge in [-0.25, -0.2) is 4.39 Å². The van der Waals surface area contributed by atoms with Crippen LogP contribution in [0.2, 0.25) is 5.02 Å². The fraction of sp³-hybridized carbons (Fsp3) is 0.143. The number of aromatic amines is 1. The van der Waals surface area contributed by atoms with Crippen LogP contribution in [0.4, 0.5) is 4.39 Å². The molecule has 1 N–H and O–H groups in total. The normalized spacial score (nSPS) is 13.7. The zero-order valence-corrected chi connectivity index (χ0v) is 15.5. The monoisotopic (exact) mass is 395 g/mol. The first-order valence-corrected chi connectivity index (χ1v) is 9.28. The van der Waals surface area contributed by atoms with Gasteiger partial charge >= 0.3 is 0 Å². The van der Waals surface area contributed by atoms with E-state index in [1.165, 1.54) is 12.1 Å². The van der Waals surface area contributed by atoms with E-state index >= 15 is 0 Å². The Morgan fingerprint density at radius 1 is 1.21 bits per heavy atom. The van der Waals surface area contributed by atoms with E-state index in [0.29, 0.717) is 36.0 Å². The van der Waals surface area contributed by atoms with Crippen LogP contribution in [-0.2, 0) is 13.0 Å². The number of rotatable bonds is 2. The number of carbonyl (C=O) groups excluding carboxylic acids is 1. The molecule has 5 nitrogen and oxygen atoms in total. The summed E-state index contributed by atoms with van der Waals surface area (Å²) in [7, 11) is 0. The highest BCUT2D eigenvalue weighted by Crippen LogP contribution is 2.31. The SMILES string of the molecule is O=C(c1cc2cccc(Cl)c2[nH]1)N1CCc2c(noc2-c2ccc(F)cc2)C1. The molecule has 4 aromatic rings. The molecule has 140 valence electrons. The topological polar surface area (TPSA) is 62.1 Å². The van der Waals surface area contributed by atoms with Gasteiger partial charge in [0, 0.05) is 23.1 Å². The minimum absolute atomic E-state index is 0.107. The number of aromatic nitrogens is 2. The molecule has 0 radical (unpaired) electrons. The first-order chi connectivity index (χ1) is 13.6. The lowest BCUT2D eigenvalue weighted by Crippen LogP contribution is -2.36. The van der Waals surface area contributed by atoms with E-state index in [1.54, 1.807) is 23.1 Å². The third kappa shape index (κ3) is 2.77. The minimum atomic E-state index is -0.299. The molecular formula is C21H15ClFN3O2. The van der Waals surface area contributed by atoms with E-state index in [0.717, 1.165) is 27.7 Å². The second-order valence-electron chi connectivity index (χ2n) is 6.81. The standard InChI is InChI=1S/C21H15ClFN3O2/c22-16-3-1-2-13-10-17(24-19(13)16)21(27)26-9-8-15-18(11-26)25-28-20(15)12-4-6-14(23)7-5-12/h1-7,10,24H,8-9,11H2. The van der Waals surface area contributed by atoms with Gasteiger partial charge in [0.25, 0.3) is 5.91 Å². The number of amides is 1. The largest absolute Gasteiger partial charge is 0.356 e. The van der Waals surface area contributed by atoms with Crippen molar-refractivity contribution >= 4 is 28.4 Å². The number of fused-ring (bicyclic) bond motifs is 2. The average molecular weight is 396 g/mol. The van der Waals surface area contributed by atoms with Gasteiger partial charge in [-0.05, 0) is 42.8 Å². The van der Waals surface area contributed by atoms with Crippen LogP contribution in [0, 0.1) is 5.82 Å². The van der Waals surface area contributed by atoms with Crippen molar-refractivity contribution in [1.82, 2.24) is 15.0 Å². The number of benzene rings is 2. The third-order valence-electron chi connectivity index (χ3n) is 5.07. The fourth-order valence-electron chi connectivity index (χ4n) is 3.64. The average Bonchev–Trinajstić information content (AvgIpc) is 3.33. The van der Waals surface area contributed by atoms with Gasteiger partial charge in [-0.2, -0.15) is 0 Å². The molecule has 2 aromatic carbocycles. The summed E-state index contributed by atoms with van der Waals surface area (Å²) >= 11 is 6.20. The van der Waals surface area contributed by atoms with Crippen LogP contribution < -0.4 is 0 Å². The van der Waals surface area contributed by atoms with Crippen LogP contribution in [-0.4, -0.2) is 27.5 Å². The van der Waals surface area contributed by atoms with E-state index in [2.05, 4.69) is 10.1 Å². The van der Waals surface area contributed by atoms with Crippen molar-refractivity contribution in [2.24, 2.45) is 0 Å². The maximum atomic E-state index is 13.2. The van der Waals surface area contributed by atoms with Gasteiger partial charge in [-0.1, -0.05) is 28.9 Å². The second kappa shape index (κ2) is 6.49. The number of carbonyl (C=O) groups is 1. The molecule has 2 aromatic heterocycles. The summed E-state index contributed by atoms with van der Waals surface area (Å²) in [5.41, 5.74) is 3.72. The number of hydrogen-bond donors (Lipinski definition) is 1. The molecule has 1 aliphatic heterocycles. The molecule has 3 heterocycles. The molecular weight excluding hydrogens is 381 g/mol. The van der Waals surface area contributed by atoms with Crippen LogP contribution in [0.3, 0.4) is 0 Å². The van der Waals surface area contributed by atoms with Crippen molar-refractivity contribution in [3.05, 3.63) is 76.3 Å². The molecule has 0 fully saturated rings. The van der Waals surface area contributed by atoms with Crippen LogP contribution in [0.5, 0.6) is 0 Å². The van der Waals surface area contributed by atoms with Gasteiger partial charge < -0.3 is 14.4 Å². The summed E-state index contributed by atoms with van der Waals surface area (Å²) in [5.74, 6) is 0.232. The molecule has 1 aliphatic rings. The summed E-state index contributed by atoms with van der Waals surface area (Å²) in [5, 5.41) is 5.62. The summed E-state index contributed by atoms with van der Waals surface area (Å²) in [4.78, 5) is 17.8. The zero-order valence-electron chi connectivity index (χ0n) is 14.7. The summed E-state index contributed by atoms with van der Waals surface area (Å²) < 4.78 is 18.7. The zero-order chi connectivity index (χ0) is 19.3. The summed E-state index contributed by atoms with van der Waals surface area (Å²) in [6.45, 7) is 0.909. The molecule has 7 heteroatoms. The smallest absolute Gasteiger partial charge is 0.270 e. The van der Waals surface area contributed by atoms with Gasteiger partial charge in [-0.15, -0.1) is 0 Å². The Balaban J connectivity index is 1.42. The highest BCUT2D eigenvalue weighted by atomic mass is 35.5. The number of nitrogens with zero attached hydrogens (tertiary/aromatic N) is 2. The van der Waals surface area contributed by atoms with Crippen molar-refractivity contribution in [2.75, 3.05) is 6.54 Å². The second-order valence-corrected chi connectivity index (χ2v) is 7.21. The Bertz CT molecular complexity index is 1200. The molecule has 0 aliphatic carbocycles. The molecule has 0 spiro atoms. The Morgan fingerprint density at radius 3 is 2.82 bits per heavy atom. The van der Waals surface area contributed by atoms with Crippen molar-refractivity contribution in [2.45, 2.75) is 13.0 Å². The molecule has 1 amide bonds. The van der Waals surface area contributed by atoms with E-state index in [1.807, 2.05) is 18.2 Å². The number of hydrogen-bond acceptors (Lipinski definition) is 3. The van der Waals surface area contributed by atoms with Crippen molar-refractivity contribution in [1.29, 1.82) is 0 Å². The first kappa shape index (κ1) is 17.0. The maximum Gasteiger partial charge on any atom is 0.270 e. The molecule has 0 unspecified atom stereocenters. The Labute approximate surface area is 164 Å². The highest BCUT2D eigenvalue weighted by Gasteiger charge is 2.28. The van der Waals surface area contributed by atoms with Gasteiger partial charge in [0.05, 0.1) is 17.1 Å². The number of halogens is 2. The predicted molar refractivity (Wildman–Crippen MR) is 104 cm³/mol. The number of H-pyrrole nitrogens is 1. The molecule has 0 saturated carbocycles. The highest BCUT2D eigenvalue weighted by molar-refractivity contribution is 6.35. The Hall–Kier alpha value is -3.12. The minimum Gasteiger partial charge on any atom is -0.356 e. The van der Waals surface area contributed by atoms with E-state index in [-0.39, 0.29) is 11.7 Å². The maximum absolute atomic E-state index is 13.2. The van der Waals surface area contributed by atoms with E-state index in [9.17, 15) is 9.18 Å². The van der Waals surface area contributed by atoms with Gasteiger partial charge in [0.2, 0.25) is 0 Å². The van der Waals surface area contributed by atoms with Crippen molar-refractivity contribution < 1.29 is 13.7 Å². The van der Waals surface area contributed by atoms with E-state index < -0.39 is 0 Å². The summed E-state index contributed by atoms with van der Waals surface area (Å²) in [6.07, 6.45) is 0.623. The third-order valence-corrected chi connectivity index (χ3v) is 5.39. The fourth-order valence-corrected chi connectivity index (χ4v) is 3.87. The molecule has 0 saturated heterocycles. The van der Waals surface area contributed by atoms with Crippen LogP contribution in [0.25, 0.3) is 22.2 Å². The lowest BCUT2D eigenvalue weighted by Gasteiger charge is -2.25. The Kier molecular flexibility index (Phi) is 3.94. The first-order valence-electron chi connectivity index (χ1n) is 8.90.